The minimum Gasteiger partial charge on any atom is -0.358 e. The van der Waals surface area contributed by atoms with Crippen LogP contribution in [-0.4, -0.2) is 30.8 Å². The first-order valence-electron chi connectivity index (χ1n) is 10.9. The van der Waals surface area contributed by atoms with Crippen LogP contribution in [0.25, 0.3) is 0 Å². The third-order valence-corrected chi connectivity index (χ3v) is 9.81. The van der Waals surface area contributed by atoms with Gasteiger partial charge in [0.1, 0.15) is 5.78 Å². The molecular weight excluding hydrogens is 483 g/mol. The van der Waals surface area contributed by atoms with Crippen molar-refractivity contribution in [1.29, 1.82) is 0 Å². The van der Waals surface area contributed by atoms with E-state index in [2.05, 4.69) is 32.8 Å². The summed E-state index contributed by atoms with van der Waals surface area (Å²) in [7, 11) is 4.56. The monoisotopic (exact) mass is 525 g/mol. The molecule has 0 aromatic rings. The van der Waals surface area contributed by atoms with E-state index in [4.69, 9.17) is 0 Å². The third-order valence-electron chi connectivity index (χ3n) is 9.81. The Labute approximate surface area is 198 Å². The van der Waals surface area contributed by atoms with Crippen molar-refractivity contribution in [2.75, 3.05) is 14.1 Å². The van der Waals surface area contributed by atoms with Gasteiger partial charge in [-0.3, -0.25) is 4.79 Å². The van der Waals surface area contributed by atoms with E-state index in [0.29, 0.717) is 22.5 Å². The van der Waals surface area contributed by atoms with Crippen LogP contribution in [-0.2, 0) is 4.79 Å². The average molecular weight is 526 g/mol. The summed E-state index contributed by atoms with van der Waals surface area (Å²) in [4.78, 5) is 14.8. The van der Waals surface area contributed by atoms with Crippen LogP contribution in [0.1, 0.15) is 78.6 Å². The molecule has 161 valence electrons. The van der Waals surface area contributed by atoms with Gasteiger partial charge < -0.3 is 12.3 Å². The molecule has 27 heavy (non-hydrogen) atoms. The molecule has 0 saturated heterocycles. The Morgan fingerprint density at radius 2 is 1.52 bits per heavy atom. The number of Topliss-reactive ketones (excluding diaryl/α,β-unsaturated/α-hetero) is 1. The summed E-state index contributed by atoms with van der Waals surface area (Å²) in [6.45, 7) is 6.99. The van der Waals surface area contributed by atoms with Gasteiger partial charge in [0.15, 0.2) is 0 Å². The Kier molecular flexibility index (Phi) is 7.66. The van der Waals surface area contributed by atoms with Crippen molar-refractivity contribution in [2.24, 2.45) is 40.4 Å². The van der Waals surface area contributed by atoms with Crippen molar-refractivity contribution >= 4 is 5.78 Å². The summed E-state index contributed by atoms with van der Waals surface area (Å²) in [6.07, 6.45) is 12.3. The zero-order valence-corrected chi connectivity index (χ0v) is 20.4. The molecule has 0 bridgehead atoms. The summed E-state index contributed by atoms with van der Waals surface area (Å²) in [5, 5.41) is 0. The number of rotatable bonds is 2. The maximum Gasteiger partial charge on any atom is 0.133 e. The fourth-order valence-electron chi connectivity index (χ4n) is 8.44. The molecule has 0 N–H and O–H groups in total. The molecule has 0 heterocycles. The van der Waals surface area contributed by atoms with Crippen LogP contribution in [0.5, 0.6) is 0 Å². The Hall–Kier alpha value is 0.890. The van der Waals surface area contributed by atoms with Crippen LogP contribution < -0.4 is 0 Å². The summed E-state index contributed by atoms with van der Waals surface area (Å²) < 4.78 is 0. The summed E-state index contributed by atoms with van der Waals surface area (Å²) in [6, 6.07) is 0.779. The predicted octanol–water partition coefficient (Wildman–Crippen LogP) is 5.61. The molecule has 4 rings (SSSR count). The van der Waals surface area contributed by atoms with Gasteiger partial charge in [-0.1, -0.05) is 13.8 Å². The molecule has 0 amide bonds. The number of carbonyl (C=O) groups excluding carboxylic acids is 1. The number of hydrogen-bond acceptors (Lipinski definition) is 2. The first kappa shape index (κ1) is 24.2. The summed E-state index contributed by atoms with van der Waals surface area (Å²) >= 11 is 0. The van der Waals surface area contributed by atoms with Crippen LogP contribution in [0.15, 0.2) is 0 Å². The second-order valence-electron chi connectivity index (χ2n) is 10.8. The molecule has 4 aliphatic carbocycles. The molecule has 8 unspecified atom stereocenters. The largest absolute Gasteiger partial charge is 0.358 e. The Morgan fingerprint density at radius 1 is 0.889 bits per heavy atom. The van der Waals surface area contributed by atoms with Gasteiger partial charge in [0.25, 0.3) is 0 Å². The quantitative estimate of drug-likeness (QED) is 0.345. The topological polar surface area (TPSA) is 20.3 Å². The van der Waals surface area contributed by atoms with Crippen molar-refractivity contribution in [1.82, 2.24) is 4.90 Å². The van der Waals surface area contributed by atoms with Gasteiger partial charge in [-0.15, -0.1) is 0 Å². The van der Waals surface area contributed by atoms with Gasteiger partial charge in [0.2, 0.25) is 0 Å². The molecule has 4 saturated carbocycles. The molecule has 0 aromatic heterocycles. The zero-order chi connectivity index (χ0) is 18.0. The fourth-order valence-corrected chi connectivity index (χ4v) is 8.44. The molecule has 4 aliphatic rings. The van der Waals surface area contributed by atoms with Gasteiger partial charge in [0, 0.05) is 49.7 Å². The van der Waals surface area contributed by atoms with Crippen molar-refractivity contribution < 1.29 is 42.5 Å². The fraction of sp³-hybridized carbons (Fsp3) is 0.917. The Balaban J connectivity index is 0.00000131. The van der Waals surface area contributed by atoms with E-state index in [-0.39, 0.29) is 45.2 Å². The van der Waals surface area contributed by atoms with Gasteiger partial charge >= 0.3 is 0 Å². The molecule has 8 atom stereocenters. The zero-order valence-electron chi connectivity index (χ0n) is 18.5. The number of carbonyl (C=O) groups is 1. The van der Waals surface area contributed by atoms with Gasteiger partial charge in [-0.2, -0.15) is 0 Å². The van der Waals surface area contributed by atoms with Gasteiger partial charge in [0.05, 0.1) is 0 Å². The second-order valence-corrected chi connectivity index (χ2v) is 10.8. The minimum atomic E-state index is 0. The smallest absolute Gasteiger partial charge is 0.133 e. The molecule has 1 radical (unpaired) electrons. The standard InChI is InChI=1S/C23H39NO.CH3.Ho/c1-15(25)19-10-11-20-18-9-7-16-6-8-17(24(4)5)14-23(16,3)21(18)12-13-22(19,20)2;;/h16-21H,6-14H2,1-5H3;1H3;/q;-1;. The van der Waals surface area contributed by atoms with E-state index in [1.165, 1.54) is 57.8 Å². The number of fused-ring (bicyclic) bond motifs is 5. The van der Waals surface area contributed by atoms with Crippen molar-refractivity contribution in [3.8, 4) is 0 Å². The molecule has 2 nitrogen and oxygen atoms in total. The maximum absolute atomic E-state index is 12.3. The molecule has 3 heteroatoms. The second kappa shape index (κ2) is 8.56. The third kappa shape index (κ3) is 3.72. The normalized spacial score (nSPS) is 48.5. The molecular formula is C24H42HoNO-. The predicted molar refractivity (Wildman–Crippen MR) is 110 cm³/mol. The maximum atomic E-state index is 12.3. The number of nitrogens with zero attached hydrogens (tertiary/aromatic N) is 1. The van der Waals surface area contributed by atoms with Crippen LogP contribution in [0.3, 0.4) is 0 Å². The summed E-state index contributed by atoms with van der Waals surface area (Å²) in [5.74, 6) is 4.40. The first-order chi connectivity index (χ1) is 11.8. The molecule has 0 spiro atoms. The van der Waals surface area contributed by atoms with Crippen LogP contribution >= 0.6 is 0 Å². The van der Waals surface area contributed by atoms with Crippen LogP contribution in [0, 0.1) is 85.6 Å². The van der Waals surface area contributed by atoms with Crippen molar-refractivity contribution in [3.63, 3.8) is 0 Å². The van der Waals surface area contributed by atoms with Gasteiger partial charge in [-0.25, -0.2) is 0 Å². The first-order valence-corrected chi connectivity index (χ1v) is 10.9. The SMILES string of the molecule is CC(=O)C1CCC2C3CCC4CCC(N(C)C)CC4(C)C3CCC12C.[CH3-].[Ho]. The van der Waals surface area contributed by atoms with Crippen molar-refractivity contribution in [3.05, 3.63) is 7.43 Å². The summed E-state index contributed by atoms with van der Waals surface area (Å²) in [5.41, 5.74) is 0.859. The molecule has 0 aromatic carbocycles. The van der Waals surface area contributed by atoms with Crippen LogP contribution in [0.2, 0.25) is 0 Å². The van der Waals surface area contributed by atoms with E-state index in [1.54, 1.807) is 0 Å². The average Bonchev–Trinajstić information content (AvgIpc) is 2.91. The van der Waals surface area contributed by atoms with Gasteiger partial charge in [-0.05, 0) is 113 Å². The van der Waals surface area contributed by atoms with Crippen molar-refractivity contribution in [2.45, 2.75) is 84.6 Å². The van der Waals surface area contributed by atoms with E-state index in [9.17, 15) is 4.79 Å². The number of ketones is 1. The molecule has 4 fully saturated rings. The van der Waals surface area contributed by atoms with E-state index in [0.717, 1.165) is 29.7 Å². The van der Waals surface area contributed by atoms with E-state index in [1.807, 2.05) is 6.92 Å². The van der Waals surface area contributed by atoms with Crippen LogP contribution in [0.4, 0.5) is 0 Å². The molecule has 0 aliphatic heterocycles. The Bertz CT molecular complexity index is 548. The number of hydrogen-bond donors (Lipinski definition) is 0. The van der Waals surface area contributed by atoms with E-state index >= 15 is 0 Å². The Morgan fingerprint density at radius 3 is 2.15 bits per heavy atom. The minimum absolute atomic E-state index is 0. The van der Waals surface area contributed by atoms with E-state index < -0.39 is 0 Å².